The van der Waals surface area contributed by atoms with Gasteiger partial charge >= 0.3 is 5.97 Å². The van der Waals surface area contributed by atoms with Crippen LogP contribution in [0.5, 0.6) is 11.5 Å². The van der Waals surface area contributed by atoms with Crippen molar-refractivity contribution in [3.05, 3.63) is 18.2 Å². The van der Waals surface area contributed by atoms with Crippen molar-refractivity contribution < 1.29 is 27.8 Å². The molecule has 0 aliphatic carbocycles. The van der Waals surface area contributed by atoms with Crippen molar-refractivity contribution in [3.8, 4) is 11.5 Å². The number of carbonyl (C=O) groups is 1. The van der Waals surface area contributed by atoms with Crippen LogP contribution in [-0.2, 0) is 14.8 Å². The molecule has 8 heteroatoms. The van der Waals surface area contributed by atoms with Crippen molar-refractivity contribution in [1.82, 2.24) is 4.72 Å². The van der Waals surface area contributed by atoms with E-state index in [0.29, 0.717) is 24.7 Å². The van der Waals surface area contributed by atoms with Crippen molar-refractivity contribution >= 4 is 16.0 Å². The molecule has 1 aliphatic heterocycles. The SMILES string of the molecule is CC(C)C[C@@H](NS(=O)(=O)c1ccc2c(c1)OCCO2)C(=O)O. The minimum atomic E-state index is -3.95. The molecule has 122 valence electrons. The molecule has 0 aromatic heterocycles. The minimum Gasteiger partial charge on any atom is -0.486 e. The summed E-state index contributed by atoms with van der Waals surface area (Å²) in [6, 6.07) is 3.04. The Morgan fingerprint density at radius 1 is 1.27 bits per heavy atom. The maximum absolute atomic E-state index is 12.3. The molecule has 1 aliphatic rings. The quantitative estimate of drug-likeness (QED) is 0.814. The first-order valence-electron chi connectivity index (χ1n) is 6.94. The highest BCUT2D eigenvalue weighted by molar-refractivity contribution is 7.89. The second kappa shape index (κ2) is 6.53. The molecule has 0 amide bonds. The molecule has 0 saturated heterocycles. The van der Waals surface area contributed by atoms with Crippen LogP contribution in [0.15, 0.2) is 23.1 Å². The van der Waals surface area contributed by atoms with E-state index in [9.17, 15) is 13.2 Å². The maximum Gasteiger partial charge on any atom is 0.321 e. The fraction of sp³-hybridized carbons (Fsp3) is 0.500. The third-order valence-corrected chi connectivity index (χ3v) is 4.60. The summed E-state index contributed by atoms with van der Waals surface area (Å²) in [4.78, 5) is 11.2. The standard InChI is InChI=1S/C14H19NO6S/c1-9(2)7-11(14(16)17)15-22(18,19)10-3-4-12-13(8-10)21-6-5-20-12/h3-4,8-9,11,15H,5-7H2,1-2H3,(H,16,17)/t11-/m1/s1. The first-order chi connectivity index (χ1) is 10.3. The average molecular weight is 329 g/mol. The molecule has 1 heterocycles. The van der Waals surface area contributed by atoms with Crippen molar-refractivity contribution in [1.29, 1.82) is 0 Å². The Labute approximate surface area is 129 Å². The fourth-order valence-electron chi connectivity index (χ4n) is 2.12. The second-order valence-corrected chi connectivity index (χ2v) is 7.16. The van der Waals surface area contributed by atoms with Crippen molar-refractivity contribution in [2.45, 2.75) is 31.2 Å². The van der Waals surface area contributed by atoms with Gasteiger partial charge in [-0.15, -0.1) is 0 Å². The molecule has 2 rings (SSSR count). The Morgan fingerprint density at radius 3 is 2.50 bits per heavy atom. The minimum absolute atomic E-state index is 0.0454. The molecule has 0 bridgehead atoms. The third-order valence-electron chi connectivity index (χ3n) is 3.13. The zero-order valence-corrected chi connectivity index (χ0v) is 13.2. The zero-order valence-electron chi connectivity index (χ0n) is 12.4. The molecule has 0 unspecified atom stereocenters. The van der Waals surface area contributed by atoms with E-state index in [1.807, 2.05) is 13.8 Å². The monoisotopic (exact) mass is 329 g/mol. The second-order valence-electron chi connectivity index (χ2n) is 5.45. The van der Waals surface area contributed by atoms with Crippen LogP contribution < -0.4 is 14.2 Å². The van der Waals surface area contributed by atoms with Crippen LogP contribution in [0.25, 0.3) is 0 Å². The Balaban J connectivity index is 2.24. The van der Waals surface area contributed by atoms with E-state index in [4.69, 9.17) is 14.6 Å². The summed E-state index contributed by atoms with van der Waals surface area (Å²) in [7, 11) is -3.95. The lowest BCUT2D eigenvalue weighted by Crippen LogP contribution is -2.41. The molecule has 0 radical (unpaired) electrons. The number of hydrogen-bond donors (Lipinski definition) is 2. The van der Waals surface area contributed by atoms with Gasteiger partial charge in [-0.25, -0.2) is 8.42 Å². The highest BCUT2D eigenvalue weighted by atomic mass is 32.2. The fourth-order valence-corrected chi connectivity index (χ4v) is 3.33. The maximum atomic E-state index is 12.3. The molecular weight excluding hydrogens is 310 g/mol. The summed E-state index contributed by atoms with van der Waals surface area (Å²) >= 11 is 0. The normalized spacial score (nSPS) is 15.6. The van der Waals surface area contributed by atoms with Gasteiger partial charge in [0.25, 0.3) is 0 Å². The smallest absolute Gasteiger partial charge is 0.321 e. The van der Waals surface area contributed by atoms with E-state index >= 15 is 0 Å². The average Bonchev–Trinajstić information content (AvgIpc) is 2.45. The van der Waals surface area contributed by atoms with Gasteiger partial charge in [0.1, 0.15) is 19.3 Å². The molecule has 7 nitrogen and oxygen atoms in total. The number of benzene rings is 1. The number of carboxylic acids is 1. The van der Waals surface area contributed by atoms with Crippen molar-refractivity contribution in [2.24, 2.45) is 5.92 Å². The number of hydrogen-bond acceptors (Lipinski definition) is 5. The summed E-state index contributed by atoms with van der Waals surface area (Å²) in [5.41, 5.74) is 0. The van der Waals surface area contributed by atoms with E-state index in [1.165, 1.54) is 18.2 Å². The van der Waals surface area contributed by atoms with Crippen LogP contribution in [0, 0.1) is 5.92 Å². The highest BCUT2D eigenvalue weighted by Crippen LogP contribution is 2.32. The molecule has 22 heavy (non-hydrogen) atoms. The number of rotatable bonds is 6. The van der Waals surface area contributed by atoms with Gasteiger partial charge in [-0.3, -0.25) is 4.79 Å². The number of carboxylic acid groups (broad SMARTS) is 1. The van der Waals surface area contributed by atoms with Gasteiger partial charge in [-0.05, 0) is 24.5 Å². The molecule has 1 atom stereocenters. The van der Waals surface area contributed by atoms with Crippen molar-refractivity contribution in [2.75, 3.05) is 13.2 Å². The van der Waals surface area contributed by atoms with E-state index < -0.39 is 22.0 Å². The summed E-state index contributed by atoms with van der Waals surface area (Å²) in [5, 5.41) is 9.15. The van der Waals surface area contributed by atoms with Crippen LogP contribution in [0.4, 0.5) is 0 Å². The molecule has 0 saturated carbocycles. The molecule has 2 N–H and O–H groups in total. The van der Waals surface area contributed by atoms with Crippen LogP contribution in [0.1, 0.15) is 20.3 Å². The summed E-state index contributed by atoms with van der Waals surface area (Å²) in [5.74, 6) is -0.342. The molecule has 0 spiro atoms. The van der Waals surface area contributed by atoms with E-state index in [1.54, 1.807) is 0 Å². The first-order valence-corrected chi connectivity index (χ1v) is 8.42. The van der Waals surface area contributed by atoms with Gasteiger partial charge in [0.05, 0.1) is 4.90 Å². The summed E-state index contributed by atoms with van der Waals surface area (Å²) in [6.45, 7) is 4.41. The van der Waals surface area contributed by atoms with E-state index in [-0.39, 0.29) is 17.2 Å². The van der Waals surface area contributed by atoms with Crippen LogP contribution in [0.3, 0.4) is 0 Å². The number of nitrogens with one attached hydrogen (secondary N) is 1. The lowest BCUT2D eigenvalue weighted by molar-refractivity contribution is -0.139. The number of sulfonamides is 1. The Morgan fingerprint density at radius 2 is 1.91 bits per heavy atom. The van der Waals surface area contributed by atoms with Crippen molar-refractivity contribution in [3.63, 3.8) is 0 Å². The number of ether oxygens (including phenoxy) is 2. The molecule has 1 aromatic carbocycles. The number of aliphatic carboxylic acids is 1. The van der Waals surface area contributed by atoms with Gasteiger partial charge in [0.15, 0.2) is 11.5 Å². The topological polar surface area (TPSA) is 102 Å². The third kappa shape index (κ3) is 3.89. The van der Waals surface area contributed by atoms with Crippen LogP contribution in [-0.4, -0.2) is 38.7 Å². The summed E-state index contributed by atoms with van der Waals surface area (Å²) < 4.78 is 37.6. The first kappa shape index (κ1) is 16.6. The van der Waals surface area contributed by atoms with Gasteiger partial charge in [-0.1, -0.05) is 13.8 Å². The van der Waals surface area contributed by atoms with Crippen LogP contribution in [0.2, 0.25) is 0 Å². The summed E-state index contributed by atoms with van der Waals surface area (Å²) in [6.07, 6.45) is 0.207. The van der Waals surface area contributed by atoms with Crippen LogP contribution >= 0.6 is 0 Å². The molecule has 0 fully saturated rings. The lowest BCUT2D eigenvalue weighted by Gasteiger charge is -2.20. The molecular formula is C14H19NO6S. The Hall–Kier alpha value is -1.80. The Kier molecular flexibility index (Phi) is 4.92. The van der Waals surface area contributed by atoms with Gasteiger partial charge in [-0.2, -0.15) is 4.72 Å². The van der Waals surface area contributed by atoms with Gasteiger partial charge in [0, 0.05) is 6.07 Å². The van der Waals surface area contributed by atoms with E-state index in [2.05, 4.69) is 4.72 Å². The largest absolute Gasteiger partial charge is 0.486 e. The molecule has 1 aromatic rings. The lowest BCUT2D eigenvalue weighted by atomic mass is 10.1. The highest BCUT2D eigenvalue weighted by Gasteiger charge is 2.27. The van der Waals surface area contributed by atoms with Gasteiger partial charge in [0.2, 0.25) is 10.0 Å². The van der Waals surface area contributed by atoms with E-state index in [0.717, 1.165) is 0 Å². The number of fused-ring (bicyclic) bond motifs is 1. The predicted molar refractivity (Wildman–Crippen MR) is 78.6 cm³/mol. The van der Waals surface area contributed by atoms with Gasteiger partial charge < -0.3 is 14.6 Å². The predicted octanol–water partition coefficient (Wildman–Crippen LogP) is 1.24. The zero-order chi connectivity index (χ0) is 16.3. The Bertz CT molecular complexity index is 655.